The number of fused-ring (bicyclic) bond motifs is 2. The number of hydrogen-bond donors (Lipinski definition) is 1. The van der Waals surface area contributed by atoms with E-state index < -0.39 is 5.97 Å². The molecule has 2 aromatic carbocycles. The molecule has 6 heteroatoms. The van der Waals surface area contributed by atoms with Crippen molar-refractivity contribution in [2.45, 2.75) is 13.0 Å². The van der Waals surface area contributed by atoms with Crippen molar-refractivity contribution in [3.8, 4) is 11.5 Å². The van der Waals surface area contributed by atoms with E-state index in [2.05, 4.69) is 0 Å². The number of carbonyl (C=O) groups is 1. The largest absolute Gasteiger partial charge is 0.481 e. The molecule has 1 aliphatic heterocycles. The van der Waals surface area contributed by atoms with Gasteiger partial charge in [0.1, 0.15) is 0 Å². The minimum Gasteiger partial charge on any atom is -0.481 e. The molecule has 1 aromatic heterocycles. The monoisotopic (exact) mass is 343 g/mol. The highest BCUT2D eigenvalue weighted by atomic mass is 35.5. The van der Waals surface area contributed by atoms with Crippen LogP contribution in [-0.2, 0) is 17.8 Å². The molecule has 3 aromatic rings. The van der Waals surface area contributed by atoms with Crippen LogP contribution in [0.1, 0.15) is 11.1 Å². The molecule has 4 rings (SSSR count). The van der Waals surface area contributed by atoms with Gasteiger partial charge in [0.25, 0.3) is 0 Å². The smallest absolute Gasteiger partial charge is 0.307 e. The molecule has 0 fully saturated rings. The predicted molar refractivity (Wildman–Crippen MR) is 90.0 cm³/mol. The first-order valence-electron chi connectivity index (χ1n) is 7.48. The van der Waals surface area contributed by atoms with E-state index in [0.29, 0.717) is 23.1 Å². The normalized spacial score (nSPS) is 12.7. The van der Waals surface area contributed by atoms with Gasteiger partial charge in [0.15, 0.2) is 11.5 Å². The summed E-state index contributed by atoms with van der Waals surface area (Å²) in [6.45, 7) is 0.773. The number of ether oxygens (including phenoxy) is 2. The van der Waals surface area contributed by atoms with E-state index >= 15 is 0 Å². The summed E-state index contributed by atoms with van der Waals surface area (Å²) in [5, 5.41) is 10.6. The highest BCUT2D eigenvalue weighted by Crippen LogP contribution is 2.37. The Kier molecular flexibility index (Phi) is 3.58. The van der Waals surface area contributed by atoms with Gasteiger partial charge < -0.3 is 19.1 Å². The van der Waals surface area contributed by atoms with Gasteiger partial charge in [-0.2, -0.15) is 0 Å². The van der Waals surface area contributed by atoms with E-state index in [4.69, 9.17) is 26.2 Å². The first kappa shape index (κ1) is 14.9. The van der Waals surface area contributed by atoms with Crippen LogP contribution in [0.15, 0.2) is 42.6 Å². The fourth-order valence-corrected chi connectivity index (χ4v) is 3.13. The summed E-state index contributed by atoms with van der Waals surface area (Å²) in [4.78, 5) is 10.9. The number of halogens is 1. The Hall–Kier alpha value is -2.66. The number of hydrogen-bond acceptors (Lipinski definition) is 3. The fraction of sp³-hybridized carbons (Fsp3) is 0.167. The third-order valence-electron chi connectivity index (χ3n) is 4.08. The van der Waals surface area contributed by atoms with Crippen LogP contribution in [-0.4, -0.2) is 22.4 Å². The first-order valence-corrected chi connectivity index (χ1v) is 7.85. The van der Waals surface area contributed by atoms with Crippen LogP contribution in [0.3, 0.4) is 0 Å². The lowest BCUT2D eigenvalue weighted by molar-refractivity contribution is -0.136. The third-order valence-corrected chi connectivity index (χ3v) is 4.43. The summed E-state index contributed by atoms with van der Waals surface area (Å²) in [6, 6.07) is 11.3. The van der Waals surface area contributed by atoms with Crippen LogP contribution < -0.4 is 9.47 Å². The minimum absolute atomic E-state index is 0.00585. The molecule has 0 bridgehead atoms. The average Bonchev–Trinajstić information content (AvgIpc) is 3.14. The van der Waals surface area contributed by atoms with Crippen LogP contribution in [0, 0.1) is 0 Å². The second kappa shape index (κ2) is 5.76. The third kappa shape index (κ3) is 2.67. The van der Waals surface area contributed by atoms with Gasteiger partial charge in [-0.25, -0.2) is 0 Å². The molecular weight excluding hydrogens is 330 g/mol. The van der Waals surface area contributed by atoms with E-state index in [-0.39, 0.29) is 13.2 Å². The minimum atomic E-state index is -0.841. The highest BCUT2D eigenvalue weighted by molar-refractivity contribution is 6.31. The molecule has 24 heavy (non-hydrogen) atoms. The molecule has 0 unspecified atom stereocenters. The summed E-state index contributed by atoms with van der Waals surface area (Å²) in [7, 11) is 0. The lowest BCUT2D eigenvalue weighted by atomic mass is 10.1. The molecule has 5 nitrogen and oxygen atoms in total. The van der Waals surface area contributed by atoms with Crippen LogP contribution in [0.2, 0.25) is 5.02 Å². The maximum absolute atomic E-state index is 10.9. The Labute approximate surface area is 143 Å². The number of carboxylic acids is 1. The quantitative estimate of drug-likeness (QED) is 0.784. The Morgan fingerprint density at radius 1 is 1.17 bits per heavy atom. The summed E-state index contributed by atoms with van der Waals surface area (Å²) in [5.74, 6) is 0.508. The van der Waals surface area contributed by atoms with Crippen molar-refractivity contribution in [2.75, 3.05) is 6.79 Å². The van der Waals surface area contributed by atoms with Crippen molar-refractivity contribution in [2.24, 2.45) is 0 Å². The van der Waals surface area contributed by atoms with Crippen molar-refractivity contribution in [3.05, 3.63) is 58.7 Å². The van der Waals surface area contributed by atoms with Gasteiger partial charge >= 0.3 is 5.97 Å². The molecule has 0 atom stereocenters. The van der Waals surface area contributed by atoms with E-state index in [1.165, 1.54) is 0 Å². The number of nitrogens with zero attached hydrogens (tertiary/aromatic N) is 1. The molecule has 1 aliphatic rings. The average molecular weight is 344 g/mol. The second-order valence-corrected chi connectivity index (χ2v) is 6.11. The molecule has 0 spiro atoms. The SMILES string of the molecule is O=C(O)Cc1ccc2ccn(Cc3cc4c(cc3Cl)OCO4)c2c1. The van der Waals surface area contributed by atoms with Gasteiger partial charge in [-0.1, -0.05) is 23.7 Å². The van der Waals surface area contributed by atoms with Crippen LogP contribution in [0.4, 0.5) is 0 Å². The molecule has 2 heterocycles. The predicted octanol–water partition coefficient (Wildman–Crippen LogP) is 3.70. The zero-order valence-electron chi connectivity index (χ0n) is 12.7. The molecular formula is C18H14ClNO4. The maximum Gasteiger partial charge on any atom is 0.307 e. The number of aromatic nitrogens is 1. The van der Waals surface area contributed by atoms with Gasteiger partial charge in [-0.05, 0) is 34.7 Å². The fourth-order valence-electron chi connectivity index (χ4n) is 2.92. The van der Waals surface area contributed by atoms with Gasteiger partial charge in [0.05, 0.1) is 6.42 Å². The lowest BCUT2D eigenvalue weighted by Gasteiger charge is -2.10. The Morgan fingerprint density at radius 2 is 1.96 bits per heavy atom. The van der Waals surface area contributed by atoms with Crippen LogP contribution >= 0.6 is 11.6 Å². The second-order valence-electron chi connectivity index (χ2n) is 5.70. The molecule has 0 saturated carbocycles. The van der Waals surface area contributed by atoms with Crippen molar-refractivity contribution < 1.29 is 19.4 Å². The number of benzene rings is 2. The molecule has 0 amide bonds. The van der Waals surface area contributed by atoms with Gasteiger partial charge in [-0.15, -0.1) is 0 Å². The Balaban J connectivity index is 1.71. The Bertz CT molecular complexity index is 948. The zero-order valence-corrected chi connectivity index (χ0v) is 13.4. The van der Waals surface area contributed by atoms with Crippen molar-refractivity contribution in [3.63, 3.8) is 0 Å². The molecule has 0 saturated heterocycles. The van der Waals surface area contributed by atoms with Crippen molar-refractivity contribution in [1.82, 2.24) is 4.57 Å². The lowest BCUT2D eigenvalue weighted by Crippen LogP contribution is -2.02. The summed E-state index contributed by atoms with van der Waals surface area (Å²) in [6.07, 6.45) is 1.97. The summed E-state index contributed by atoms with van der Waals surface area (Å²) < 4.78 is 12.8. The maximum atomic E-state index is 10.9. The zero-order chi connectivity index (χ0) is 16.7. The molecule has 122 valence electrons. The van der Waals surface area contributed by atoms with E-state index in [1.54, 1.807) is 6.07 Å². The summed E-state index contributed by atoms with van der Waals surface area (Å²) in [5.41, 5.74) is 2.66. The highest BCUT2D eigenvalue weighted by Gasteiger charge is 2.17. The van der Waals surface area contributed by atoms with Crippen LogP contribution in [0.5, 0.6) is 11.5 Å². The number of carboxylic acid groups (broad SMARTS) is 1. The van der Waals surface area contributed by atoms with E-state index in [1.807, 2.05) is 41.1 Å². The standard InChI is InChI=1S/C18H14ClNO4/c19-14-8-17-16(23-10-24-17)7-13(14)9-20-4-3-12-2-1-11(5-15(12)20)6-18(21)22/h1-5,7-8H,6,9-10H2,(H,21,22). The Morgan fingerprint density at radius 3 is 2.75 bits per heavy atom. The van der Waals surface area contributed by atoms with E-state index in [0.717, 1.165) is 22.0 Å². The van der Waals surface area contributed by atoms with Crippen molar-refractivity contribution in [1.29, 1.82) is 0 Å². The summed E-state index contributed by atoms with van der Waals surface area (Å²) >= 11 is 6.35. The van der Waals surface area contributed by atoms with E-state index in [9.17, 15) is 4.79 Å². The topological polar surface area (TPSA) is 60.7 Å². The number of rotatable bonds is 4. The number of aliphatic carboxylic acids is 1. The van der Waals surface area contributed by atoms with Gasteiger partial charge in [0.2, 0.25) is 6.79 Å². The first-order chi connectivity index (χ1) is 11.6. The van der Waals surface area contributed by atoms with Crippen LogP contribution in [0.25, 0.3) is 10.9 Å². The van der Waals surface area contributed by atoms with Gasteiger partial charge in [0, 0.05) is 29.3 Å². The van der Waals surface area contributed by atoms with Gasteiger partial charge in [-0.3, -0.25) is 4.79 Å². The van der Waals surface area contributed by atoms with Crippen molar-refractivity contribution >= 4 is 28.5 Å². The molecule has 1 N–H and O–H groups in total. The molecule has 0 aliphatic carbocycles. The molecule has 0 radical (unpaired) electrons.